The molecule has 0 radical (unpaired) electrons. The molecule has 3 aromatic rings. The lowest BCUT2D eigenvalue weighted by Gasteiger charge is -2.18. The number of nitrogens with zero attached hydrogens (tertiary/aromatic N) is 2. The van der Waals surface area contributed by atoms with E-state index in [1.54, 1.807) is 47.4 Å². The number of carbonyl (C=O) groups excluding carboxylic acids is 2. The molecule has 0 N–H and O–H groups in total. The summed E-state index contributed by atoms with van der Waals surface area (Å²) >= 11 is 12.2. The van der Waals surface area contributed by atoms with Crippen molar-refractivity contribution in [2.24, 2.45) is 4.99 Å². The molecule has 1 amide bonds. The first-order valence-corrected chi connectivity index (χ1v) is 9.45. The first kappa shape index (κ1) is 19.2. The number of halogens is 2. The highest BCUT2D eigenvalue weighted by Gasteiger charge is 2.34. The van der Waals surface area contributed by atoms with Gasteiger partial charge in [0.25, 0.3) is 5.91 Å². The molecule has 0 saturated heterocycles. The Hall–Kier alpha value is -3.15. The van der Waals surface area contributed by atoms with Crippen LogP contribution in [0.5, 0.6) is 0 Å². The predicted molar refractivity (Wildman–Crippen MR) is 111 cm³/mol. The predicted octanol–water partition coefficient (Wildman–Crippen LogP) is 4.02. The molecule has 0 bridgehead atoms. The Kier molecular flexibility index (Phi) is 5.09. The lowest BCUT2D eigenvalue weighted by molar-refractivity contribution is -0.254. The molecule has 144 valence electrons. The van der Waals surface area contributed by atoms with Gasteiger partial charge in [0.1, 0.15) is 5.71 Å². The largest absolute Gasteiger partial charge is 0.545 e. The number of aliphatic imine (C=N–C) groups is 1. The minimum atomic E-state index is -1.35. The summed E-state index contributed by atoms with van der Waals surface area (Å²) in [4.78, 5) is 30.5. The van der Waals surface area contributed by atoms with Crippen molar-refractivity contribution in [3.63, 3.8) is 0 Å². The second kappa shape index (κ2) is 7.70. The molecule has 1 aliphatic rings. The topological polar surface area (TPSA) is 72.8 Å². The third kappa shape index (κ3) is 3.62. The zero-order valence-electron chi connectivity index (χ0n) is 14.9. The summed E-state index contributed by atoms with van der Waals surface area (Å²) in [6.07, 6.45) is 0. The Bertz CT molecular complexity index is 1170. The van der Waals surface area contributed by atoms with Gasteiger partial charge in [-0.1, -0.05) is 65.7 Å². The Morgan fingerprint density at radius 3 is 2.48 bits per heavy atom. The average Bonchev–Trinajstić information content (AvgIpc) is 2.96. The standard InChI is InChI=1S/C22H14Cl2N2O3/c23-14-10-9-13(17(24)11-14)12-26-19-8-4-2-6-16(19)20(21(26)27)25-18-7-3-1-5-15(18)22(28)29/h1-11H,12H2,(H,28,29)/p-1. The van der Waals surface area contributed by atoms with Crippen LogP contribution in [-0.2, 0) is 11.3 Å². The van der Waals surface area contributed by atoms with E-state index >= 15 is 0 Å². The summed E-state index contributed by atoms with van der Waals surface area (Å²) < 4.78 is 0. The normalized spacial score (nSPS) is 14.3. The van der Waals surface area contributed by atoms with Crippen molar-refractivity contribution in [3.05, 3.63) is 93.5 Å². The number of aromatic carboxylic acids is 1. The summed E-state index contributed by atoms with van der Waals surface area (Å²) in [5, 5.41) is 12.4. The molecule has 0 saturated carbocycles. The molecule has 1 heterocycles. The maximum Gasteiger partial charge on any atom is 0.277 e. The van der Waals surface area contributed by atoms with Gasteiger partial charge in [-0.25, -0.2) is 4.99 Å². The highest BCUT2D eigenvalue weighted by Crippen LogP contribution is 2.34. The van der Waals surface area contributed by atoms with E-state index in [4.69, 9.17) is 23.2 Å². The number of para-hydroxylation sites is 2. The van der Waals surface area contributed by atoms with E-state index in [-0.39, 0.29) is 29.4 Å². The van der Waals surface area contributed by atoms with E-state index in [1.807, 2.05) is 12.1 Å². The number of hydrogen-bond acceptors (Lipinski definition) is 4. The van der Waals surface area contributed by atoms with Crippen molar-refractivity contribution >= 4 is 52.2 Å². The van der Waals surface area contributed by atoms with Crippen molar-refractivity contribution in [1.29, 1.82) is 0 Å². The summed E-state index contributed by atoms with van der Waals surface area (Å²) in [5.74, 6) is -1.70. The average molecular weight is 424 g/mol. The van der Waals surface area contributed by atoms with E-state index in [0.29, 0.717) is 21.3 Å². The van der Waals surface area contributed by atoms with Crippen molar-refractivity contribution in [2.75, 3.05) is 4.90 Å². The van der Waals surface area contributed by atoms with Gasteiger partial charge < -0.3 is 14.8 Å². The lowest BCUT2D eigenvalue weighted by atomic mass is 10.1. The lowest BCUT2D eigenvalue weighted by Crippen LogP contribution is -2.29. The molecule has 0 atom stereocenters. The van der Waals surface area contributed by atoms with Crippen LogP contribution in [-0.4, -0.2) is 17.6 Å². The minimum Gasteiger partial charge on any atom is -0.545 e. The fourth-order valence-electron chi connectivity index (χ4n) is 3.21. The monoisotopic (exact) mass is 423 g/mol. The molecular formula is C22H13Cl2N2O3-. The second-order valence-corrected chi connectivity index (χ2v) is 7.25. The number of benzene rings is 3. The molecule has 5 nitrogen and oxygen atoms in total. The maximum absolute atomic E-state index is 13.2. The minimum absolute atomic E-state index is 0.0792. The van der Waals surface area contributed by atoms with Crippen LogP contribution in [0.4, 0.5) is 11.4 Å². The van der Waals surface area contributed by atoms with Gasteiger partial charge in [-0.05, 0) is 29.8 Å². The van der Waals surface area contributed by atoms with E-state index in [0.717, 1.165) is 5.56 Å². The zero-order chi connectivity index (χ0) is 20.5. The molecule has 0 aliphatic carbocycles. The van der Waals surface area contributed by atoms with E-state index in [9.17, 15) is 14.7 Å². The Morgan fingerprint density at radius 2 is 1.72 bits per heavy atom. The highest BCUT2D eigenvalue weighted by atomic mass is 35.5. The maximum atomic E-state index is 13.2. The van der Waals surface area contributed by atoms with Crippen LogP contribution in [0.15, 0.2) is 71.7 Å². The first-order valence-electron chi connectivity index (χ1n) is 8.70. The quantitative estimate of drug-likeness (QED) is 0.635. The number of anilines is 1. The molecule has 4 rings (SSSR count). The highest BCUT2D eigenvalue weighted by molar-refractivity contribution is 6.54. The summed E-state index contributed by atoms with van der Waals surface area (Å²) in [6.45, 7) is 0.229. The number of hydrogen-bond donors (Lipinski definition) is 0. The van der Waals surface area contributed by atoms with Gasteiger partial charge in [-0.2, -0.15) is 0 Å². The van der Waals surface area contributed by atoms with Crippen molar-refractivity contribution in [1.82, 2.24) is 0 Å². The van der Waals surface area contributed by atoms with Crippen LogP contribution < -0.4 is 10.0 Å². The van der Waals surface area contributed by atoms with Gasteiger partial charge in [0, 0.05) is 21.2 Å². The molecule has 0 unspecified atom stereocenters. The van der Waals surface area contributed by atoms with Crippen LogP contribution in [0.1, 0.15) is 21.5 Å². The van der Waals surface area contributed by atoms with Crippen LogP contribution in [0.2, 0.25) is 10.0 Å². The molecule has 0 spiro atoms. The van der Waals surface area contributed by atoms with Crippen molar-refractivity contribution < 1.29 is 14.7 Å². The third-order valence-electron chi connectivity index (χ3n) is 4.60. The van der Waals surface area contributed by atoms with E-state index in [2.05, 4.69) is 4.99 Å². The first-order chi connectivity index (χ1) is 14.0. The molecule has 0 aromatic heterocycles. The van der Waals surface area contributed by atoms with Gasteiger partial charge in [0.2, 0.25) is 0 Å². The van der Waals surface area contributed by atoms with Crippen LogP contribution in [0.3, 0.4) is 0 Å². The van der Waals surface area contributed by atoms with Crippen LogP contribution in [0, 0.1) is 0 Å². The summed E-state index contributed by atoms with van der Waals surface area (Å²) in [6, 6.07) is 18.5. The molecule has 29 heavy (non-hydrogen) atoms. The van der Waals surface area contributed by atoms with E-state index < -0.39 is 5.97 Å². The fourth-order valence-corrected chi connectivity index (χ4v) is 3.68. The number of carboxylic acid groups (broad SMARTS) is 1. The third-order valence-corrected chi connectivity index (χ3v) is 5.18. The Labute approximate surface area is 176 Å². The molecule has 3 aromatic carbocycles. The number of carboxylic acids is 1. The smallest absolute Gasteiger partial charge is 0.277 e. The van der Waals surface area contributed by atoms with Gasteiger partial charge in [-0.3, -0.25) is 4.79 Å². The molecular weight excluding hydrogens is 411 g/mol. The van der Waals surface area contributed by atoms with Crippen LogP contribution >= 0.6 is 23.2 Å². The Balaban J connectivity index is 1.79. The SMILES string of the molecule is O=C([O-])c1ccccc1N=C1C(=O)N(Cc2ccc(Cl)cc2Cl)c2ccccc21. The van der Waals surface area contributed by atoms with Gasteiger partial charge in [0.15, 0.2) is 0 Å². The Morgan fingerprint density at radius 1 is 1.00 bits per heavy atom. The zero-order valence-corrected chi connectivity index (χ0v) is 16.4. The van der Waals surface area contributed by atoms with Crippen LogP contribution in [0.25, 0.3) is 0 Å². The van der Waals surface area contributed by atoms with E-state index in [1.165, 1.54) is 12.1 Å². The van der Waals surface area contributed by atoms with Gasteiger partial charge >= 0.3 is 0 Å². The number of fused-ring (bicyclic) bond motifs is 1. The molecule has 1 aliphatic heterocycles. The molecule has 0 fully saturated rings. The number of rotatable bonds is 4. The second-order valence-electron chi connectivity index (χ2n) is 6.41. The van der Waals surface area contributed by atoms with Gasteiger partial charge in [0.05, 0.1) is 23.9 Å². The van der Waals surface area contributed by atoms with Crippen molar-refractivity contribution in [2.45, 2.75) is 6.54 Å². The summed E-state index contributed by atoms with van der Waals surface area (Å²) in [7, 11) is 0. The van der Waals surface area contributed by atoms with Crippen molar-refractivity contribution in [3.8, 4) is 0 Å². The molecule has 7 heteroatoms. The number of amides is 1. The fraction of sp³-hybridized carbons (Fsp3) is 0.0455. The van der Waals surface area contributed by atoms with Gasteiger partial charge in [-0.15, -0.1) is 0 Å². The number of carbonyl (C=O) groups is 2. The summed E-state index contributed by atoms with van der Waals surface area (Å²) in [5.41, 5.74) is 2.28.